The van der Waals surface area contributed by atoms with Gasteiger partial charge in [-0.05, 0) is 12.3 Å². The molecule has 0 saturated heterocycles. The normalized spacial score (nSPS) is 11.0. The lowest BCUT2D eigenvalue weighted by molar-refractivity contribution is 0.491. The summed E-state index contributed by atoms with van der Waals surface area (Å²) < 4.78 is 1.74. The molecule has 0 bridgehead atoms. The van der Waals surface area contributed by atoms with Crippen LogP contribution in [0.1, 0.15) is 20.3 Å². The Bertz CT molecular complexity index is 255. The van der Waals surface area contributed by atoms with Crippen molar-refractivity contribution in [3.8, 4) is 0 Å². The highest BCUT2D eigenvalue weighted by Gasteiger charge is 2.04. The molecule has 1 heterocycles. The molecule has 0 aromatic carbocycles. The van der Waals surface area contributed by atoms with E-state index in [1.807, 2.05) is 0 Å². The van der Waals surface area contributed by atoms with E-state index in [-0.39, 0.29) is 0 Å². The van der Waals surface area contributed by atoms with E-state index in [1.54, 1.807) is 10.9 Å². The van der Waals surface area contributed by atoms with Crippen LogP contribution in [0.4, 0.5) is 5.82 Å². The maximum Gasteiger partial charge on any atom is 0.140 e. The number of nitrogen functional groups attached to an aromatic ring is 1. The summed E-state index contributed by atoms with van der Waals surface area (Å²) in [6.45, 7) is 5.18. The van der Waals surface area contributed by atoms with Gasteiger partial charge < -0.3 is 5.73 Å². The molecule has 0 aliphatic rings. The van der Waals surface area contributed by atoms with Crippen molar-refractivity contribution < 1.29 is 0 Å². The third-order valence-electron chi connectivity index (χ3n) is 1.75. The van der Waals surface area contributed by atoms with Crippen LogP contribution in [0.5, 0.6) is 0 Å². The molecule has 0 fully saturated rings. The van der Waals surface area contributed by atoms with Crippen molar-refractivity contribution in [1.82, 2.24) is 9.78 Å². The molecular weight excluding hydrogens is 174 g/mol. The first-order chi connectivity index (χ1) is 5.61. The maximum atomic E-state index is 5.74. The molecule has 1 aromatic heterocycles. The third-order valence-corrected chi connectivity index (χ3v) is 2.04. The SMILES string of the molecule is CC(C)CCn1ncc(Cl)c1N. The lowest BCUT2D eigenvalue weighted by Gasteiger charge is -2.05. The van der Waals surface area contributed by atoms with Crippen molar-refractivity contribution in [2.75, 3.05) is 5.73 Å². The Labute approximate surface area is 77.5 Å². The Hall–Kier alpha value is -0.700. The largest absolute Gasteiger partial charge is 0.383 e. The number of anilines is 1. The number of aryl methyl sites for hydroxylation is 1. The molecule has 4 heteroatoms. The zero-order valence-corrected chi connectivity index (χ0v) is 8.17. The Morgan fingerprint density at radius 1 is 1.67 bits per heavy atom. The topological polar surface area (TPSA) is 43.8 Å². The average molecular weight is 188 g/mol. The Morgan fingerprint density at radius 2 is 2.33 bits per heavy atom. The van der Waals surface area contributed by atoms with Crippen LogP contribution < -0.4 is 5.73 Å². The number of rotatable bonds is 3. The van der Waals surface area contributed by atoms with Crippen molar-refractivity contribution >= 4 is 17.4 Å². The molecule has 0 unspecified atom stereocenters. The fraction of sp³-hybridized carbons (Fsp3) is 0.625. The molecule has 0 saturated carbocycles. The second-order valence-corrected chi connectivity index (χ2v) is 3.69. The summed E-state index contributed by atoms with van der Waals surface area (Å²) in [5, 5.41) is 4.59. The first-order valence-electron chi connectivity index (χ1n) is 4.08. The molecule has 0 spiro atoms. The van der Waals surface area contributed by atoms with Crippen LogP contribution in [0, 0.1) is 5.92 Å². The fourth-order valence-corrected chi connectivity index (χ4v) is 1.07. The summed E-state index contributed by atoms with van der Waals surface area (Å²) in [5.74, 6) is 1.23. The summed E-state index contributed by atoms with van der Waals surface area (Å²) in [5.41, 5.74) is 5.66. The third kappa shape index (κ3) is 2.14. The van der Waals surface area contributed by atoms with E-state index in [4.69, 9.17) is 17.3 Å². The summed E-state index contributed by atoms with van der Waals surface area (Å²) >= 11 is 5.74. The van der Waals surface area contributed by atoms with E-state index in [2.05, 4.69) is 18.9 Å². The van der Waals surface area contributed by atoms with E-state index < -0.39 is 0 Å². The zero-order chi connectivity index (χ0) is 9.14. The molecule has 68 valence electrons. The van der Waals surface area contributed by atoms with E-state index >= 15 is 0 Å². The summed E-state index contributed by atoms with van der Waals surface area (Å²) in [6.07, 6.45) is 2.65. The molecule has 1 rings (SSSR count). The van der Waals surface area contributed by atoms with E-state index in [0.717, 1.165) is 13.0 Å². The maximum absolute atomic E-state index is 5.74. The summed E-state index contributed by atoms with van der Waals surface area (Å²) in [4.78, 5) is 0. The minimum Gasteiger partial charge on any atom is -0.383 e. The molecule has 2 N–H and O–H groups in total. The van der Waals surface area contributed by atoms with Crippen molar-refractivity contribution in [3.63, 3.8) is 0 Å². The van der Waals surface area contributed by atoms with Gasteiger partial charge in [-0.1, -0.05) is 25.4 Å². The van der Waals surface area contributed by atoms with Gasteiger partial charge in [0.15, 0.2) is 0 Å². The highest BCUT2D eigenvalue weighted by atomic mass is 35.5. The minimum atomic E-state index is 0.541. The summed E-state index contributed by atoms with van der Waals surface area (Å²) in [6, 6.07) is 0. The molecule has 0 aliphatic carbocycles. The van der Waals surface area contributed by atoms with Crippen LogP contribution in [0.15, 0.2) is 6.20 Å². The molecule has 12 heavy (non-hydrogen) atoms. The Morgan fingerprint density at radius 3 is 2.75 bits per heavy atom. The van der Waals surface area contributed by atoms with Crippen molar-refractivity contribution in [3.05, 3.63) is 11.2 Å². The van der Waals surface area contributed by atoms with Crippen LogP contribution in [-0.4, -0.2) is 9.78 Å². The number of nitrogens with two attached hydrogens (primary N) is 1. The van der Waals surface area contributed by atoms with E-state index in [9.17, 15) is 0 Å². The number of aromatic nitrogens is 2. The van der Waals surface area contributed by atoms with Crippen molar-refractivity contribution in [1.29, 1.82) is 0 Å². The van der Waals surface area contributed by atoms with E-state index in [1.165, 1.54) is 0 Å². The molecule has 0 aliphatic heterocycles. The molecule has 0 amide bonds. The quantitative estimate of drug-likeness (QED) is 0.788. The van der Waals surface area contributed by atoms with Crippen molar-refractivity contribution in [2.24, 2.45) is 5.92 Å². The van der Waals surface area contributed by atoms with Gasteiger partial charge >= 0.3 is 0 Å². The highest BCUT2D eigenvalue weighted by Crippen LogP contribution is 2.17. The van der Waals surface area contributed by atoms with Crippen LogP contribution in [0.2, 0.25) is 5.02 Å². The van der Waals surface area contributed by atoms with Gasteiger partial charge in [0.25, 0.3) is 0 Å². The van der Waals surface area contributed by atoms with Gasteiger partial charge in [-0.15, -0.1) is 0 Å². The fourth-order valence-electron chi connectivity index (χ4n) is 0.931. The molecule has 1 aromatic rings. The first kappa shape index (κ1) is 9.39. The van der Waals surface area contributed by atoms with Crippen LogP contribution >= 0.6 is 11.6 Å². The van der Waals surface area contributed by atoms with Crippen molar-refractivity contribution in [2.45, 2.75) is 26.8 Å². The second kappa shape index (κ2) is 3.81. The predicted octanol–water partition coefficient (Wildman–Crippen LogP) is 2.16. The molecule has 0 atom stereocenters. The van der Waals surface area contributed by atoms with Crippen LogP contribution in [-0.2, 0) is 6.54 Å². The Kier molecular flexibility index (Phi) is 2.98. The average Bonchev–Trinajstić information content (AvgIpc) is 2.30. The monoisotopic (exact) mass is 187 g/mol. The van der Waals surface area contributed by atoms with Gasteiger partial charge in [0.2, 0.25) is 0 Å². The molecular formula is C8H14ClN3. The van der Waals surface area contributed by atoms with Gasteiger partial charge in [-0.3, -0.25) is 0 Å². The standard InChI is InChI=1S/C8H14ClN3/c1-6(2)3-4-12-8(10)7(9)5-11-12/h5-6H,3-4,10H2,1-2H3. The van der Waals surface area contributed by atoms with E-state index in [0.29, 0.717) is 16.8 Å². The number of nitrogens with zero attached hydrogens (tertiary/aromatic N) is 2. The molecule has 0 radical (unpaired) electrons. The number of halogens is 1. The van der Waals surface area contributed by atoms with Gasteiger partial charge in [-0.2, -0.15) is 5.10 Å². The van der Waals surface area contributed by atoms with Crippen LogP contribution in [0.25, 0.3) is 0 Å². The summed E-state index contributed by atoms with van der Waals surface area (Å²) in [7, 11) is 0. The van der Waals surface area contributed by atoms with Gasteiger partial charge in [-0.25, -0.2) is 4.68 Å². The Balaban J connectivity index is 2.58. The number of hydrogen-bond donors (Lipinski definition) is 1. The number of hydrogen-bond acceptors (Lipinski definition) is 2. The predicted molar refractivity (Wildman–Crippen MR) is 51.1 cm³/mol. The van der Waals surface area contributed by atoms with Gasteiger partial charge in [0.05, 0.1) is 6.20 Å². The second-order valence-electron chi connectivity index (χ2n) is 3.28. The highest BCUT2D eigenvalue weighted by molar-refractivity contribution is 6.32. The van der Waals surface area contributed by atoms with Crippen LogP contribution in [0.3, 0.4) is 0 Å². The molecule has 3 nitrogen and oxygen atoms in total. The van der Waals surface area contributed by atoms with Gasteiger partial charge in [0.1, 0.15) is 10.8 Å². The lowest BCUT2D eigenvalue weighted by atomic mass is 10.1. The zero-order valence-electron chi connectivity index (χ0n) is 7.42. The first-order valence-corrected chi connectivity index (χ1v) is 4.46. The van der Waals surface area contributed by atoms with Gasteiger partial charge in [0, 0.05) is 6.54 Å². The smallest absolute Gasteiger partial charge is 0.140 e. The minimum absolute atomic E-state index is 0.541. The lowest BCUT2D eigenvalue weighted by Crippen LogP contribution is -2.06.